The van der Waals surface area contributed by atoms with E-state index in [4.69, 9.17) is 16.3 Å². The summed E-state index contributed by atoms with van der Waals surface area (Å²) in [5.74, 6) is 1.68. The molecule has 0 saturated carbocycles. The van der Waals surface area contributed by atoms with E-state index in [2.05, 4.69) is 35.2 Å². The van der Waals surface area contributed by atoms with Crippen LogP contribution < -0.4 is 5.32 Å². The minimum Gasteiger partial charge on any atom is -0.374 e. The number of aromatic nitrogens is 2. The van der Waals surface area contributed by atoms with E-state index in [9.17, 15) is 0 Å². The van der Waals surface area contributed by atoms with Crippen LogP contribution in [0.5, 0.6) is 0 Å². The number of ether oxygens (including phenoxy) is 1. The van der Waals surface area contributed by atoms with Gasteiger partial charge in [0.2, 0.25) is 0 Å². The first-order valence-electron chi connectivity index (χ1n) is 7.07. The average Bonchev–Trinajstić information content (AvgIpc) is 2.45. The number of halogens is 1. The van der Waals surface area contributed by atoms with Crippen molar-refractivity contribution in [2.45, 2.75) is 33.3 Å². The minimum absolute atomic E-state index is 0.359. The number of hydrogen-bond donors (Lipinski definition) is 1. The van der Waals surface area contributed by atoms with E-state index in [1.807, 2.05) is 25.1 Å². The highest BCUT2D eigenvalue weighted by Crippen LogP contribution is 2.26. The Bertz CT molecular complexity index is 602. The summed E-state index contributed by atoms with van der Waals surface area (Å²) in [5, 5.41) is 3.73. The van der Waals surface area contributed by atoms with Gasteiger partial charge in [0.1, 0.15) is 17.6 Å². The van der Waals surface area contributed by atoms with Gasteiger partial charge in [0.05, 0.1) is 0 Å². The van der Waals surface area contributed by atoms with Crippen LogP contribution in [0.2, 0.25) is 5.15 Å². The molecule has 21 heavy (non-hydrogen) atoms. The zero-order chi connectivity index (χ0) is 15.2. The lowest BCUT2D eigenvalue weighted by Gasteiger charge is -2.14. The molecule has 0 atom stereocenters. The van der Waals surface area contributed by atoms with Gasteiger partial charge in [0.25, 0.3) is 0 Å². The van der Waals surface area contributed by atoms with Crippen LogP contribution in [-0.2, 0) is 11.3 Å². The van der Waals surface area contributed by atoms with Crippen molar-refractivity contribution in [1.29, 1.82) is 0 Å². The standard InChI is InChI=1S/C16H20ClN3O/c1-4-21-10-16-19-14(17)9-15(20-16)18-13-8-6-5-7-12(13)11(2)3/h5-9,11H,4,10H2,1-3H3,(H,18,19,20). The zero-order valence-corrected chi connectivity index (χ0v) is 13.3. The molecule has 0 aliphatic rings. The lowest BCUT2D eigenvalue weighted by Crippen LogP contribution is -2.04. The number of hydrogen-bond acceptors (Lipinski definition) is 4. The molecule has 0 spiro atoms. The Morgan fingerprint density at radius 2 is 2.00 bits per heavy atom. The van der Waals surface area contributed by atoms with E-state index in [0.717, 1.165) is 5.69 Å². The molecule has 1 heterocycles. The molecule has 5 heteroatoms. The van der Waals surface area contributed by atoms with Gasteiger partial charge in [-0.1, -0.05) is 43.6 Å². The van der Waals surface area contributed by atoms with Gasteiger partial charge in [-0.25, -0.2) is 9.97 Å². The summed E-state index contributed by atoms with van der Waals surface area (Å²) in [5.41, 5.74) is 2.27. The SMILES string of the molecule is CCOCc1nc(Cl)cc(Nc2ccccc2C(C)C)n1. The van der Waals surface area contributed by atoms with Gasteiger partial charge in [-0.3, -0.25) is 0 Å². The van der Waals surface area contributed by atoms with Gasteiger partial charge in [-0.2, -0.15) is 0 Å². The molecule has 0 saturated heterocycles. The van der Waals surface area contributed by atoms with Gasteiger partial charge >= 0.3 is 0 Å². The van der Waals surface area contributed by atoms with Crippen molar-refractivity contribution in [2.75, 3.05) is 11.9 Å². The van der Waals surface area contributed by atoms with Crippen molar-refractivity contribution in [1.82, 2.24) is 9.97 Å². The summed E-state index contributed by atoms with van der Waals surface area (Å²) in [7, 11) is 0. The van der Waals surface area contributed by atoms with Gasteiger partial charge < -0.3 is 10.1 Å². The maximum Gasteiger partial charge on any atom is 0.158 e. The average molecular weight is 306 g/mol. The van der Waals surface area contributed by atoms with Crippen molar-refractivity contribution >= 4 is 23.1 Å². The van der Waals surface area contributed by atoms with E-state index < -0.39 is 0 Å². The third kappa shape index (κ3) is 4.41. The summed E-state index contributed by atoms with van der Waals surface area (Å²) < 4.78 is 5.33. The molecule has 0 bridgehead atoms. The molecule has 1 N–H and O–H groups in total. The zero-order valence-electron chi connectivity index (χ0n) is 12.6. The van der Waals surface area contributed by atoms with E-state index >= 15 is 0 Å². The van der Waals surface area contributed by atoms with Gasteiger partial charge in [0, 0.05) is 18.4 Å². The van der Waals surface area contributed by atoms with Crippen molar-refractivity contribution in [2.24, 2.45) is 0 Å². The number of rotatable bonds is 6. The highest BCUT2D eigenvalue weighted by Gasteiger charge is 2.08. The highest BCUT2D eigenvalue weighted by atomic mass is 35.5. The number of anilines is 2. The fraction of sp³-hybridized carbons (Fsp3) is 0.375. The largest absolute Gasteiger partial charge is 0.374 e. The Balaban J connectivity index is 2.25. The second kappa shape index (κ2) is 7.38. The molecular formula is C16H20ClN3O. The third-order valence-corrected chi connectivity index (χ3v) is 3.22. The van der Waals surface area contributed by atoms with Crippen molar-refractivity contribution in [3.05, 3.63) is 46.9 Å². The number of nitrogens with zero attached hydrogens (tertiary/aromatic N) is 2. The van der Waals surface area contributed by atoms with E-state index in [1.165, 1.54) is 5.56 Å². The Hall–Kier alpha value is -1.65. The normalized spacial score (nSPS) is 10.9. The van der Waals surface area contributed by atoms with Crippen LogP contribution in [0, 0.1) is 0 Å². The smallest absolute Gasteiger partial charge is 0.158 e. The molecule has 0 radical (unpaired) electrons. The van der Waals surface area contributed by atoms with Crippen LogP contribution in [0.1, 0.15) is 38.1 Å². The van der Waals surface area contributed by atoms with Gasteiger partial charge in [-0.05, 0) is 24.5 Å². The first kappa shape index (κ1) is 15.7. The maximum absolute atomic E-state index is 6.05. The predicted octanol–water partition coefficient (Wildman–Crippen LogP) is 4.53. The summed E-state index contributed by atoms with van der Waals surface area (Å²) >= 11 is 6.05. The van der Waals surface area contributed by atoms with E-state index in [0.29, 0.717) is 35.9 Å². The predicted molar refractivity (Wildman–Crippen MR) is 86.2 cm³/mol. The maximum atomic E-state index is 6.05. The Morgan fingerprint density at radius 3 is 2.71 bits per heavy atom. The summed E-state index contributed by atoms with van der Waals surface area (Å²) in [6, 6.07) is 9.89. The highest BCUT2D eigenvalue weighted by molar-refractivity contribution is 6.29. The topological polar surface area (TPSA) is 47.0 Å². The number of nitrogens with one attached hydrogen (secondary N) is 1. The Kier molecular flexibility index (Phi) is 5.53. The molecule has 112 valence electrons. The second-order valence-corrected chi connectivity index (χ2v) is 5.38. The molecule has 2 aromatic rings. The first-order valence-corrected chi connectivity index (χ1v) is 7.45. The van der Waals surface area contributed by atoms with Crippen LogP contribution in [0.3, 0.4) is 0 Å². The van der Waals surface area contributed by atoms with Crippen LogP contribution in [0.15, 0.2) is 30.3 Å². The number of para-hydroxylation sites is 1. The Labute approximate surface area is 130 Å². The lowest BCUT2D eigenvalue weighted by molar-refractivity contribution is 0.128. The molecule has 0 amide bonds. The molecule has 0 fully saturated rings. The third-order valence-electron chi connectivity index (χ3n) is 3.02. The minimum atomic E-state index is 0.359. The second-order valence-electron chi connectivity index (χ2n) is 5.00. The van der Waals surface area contributed by atoms with Crippen molar-refractivity contribution < 1.29 is 4.74 Å². The summed E-state index contributed by atoms with van der Waals surface area (Å²) in [4.78, 5) is 8.59. The van der Waals surface area contributed by atoms with Crippen LogP contribution >= 0.6 is 11.6 Å². The Morgan fingerprint density at radius 1 is 1.24 bits per heavy atom. The van der Waals surface area contributed by atoms with E-state index in [1.54, 1.807) is 6.07 Å². The number of benzene rings is 1. The fourth-order valence-electron chi connectivity index (χ4n) is 2.04. The molecule has 0 aliphatic heterocycles. The molecule has 1 aromatic carbocycles. The van der Waals surface area contributed by atoms with Crippen LogP contribution in [0.25, 0.3) is 0 Å². The van der Waals surface area contributed by atoms with Crippen LogP contribution in [-0.4, -0.2) is 16.6 Å². The van der Waals surface area contributed by atoms with Gasteiger partial charge in [-0.15, -0.1) is 0 Å². The van der Waals surface area contributed by atoms with Crippen molar-refractivity contribution in [3.63, 3.8) is 0 Å². The van der Waals surface area contributed by atoms with Crippen molar-refractivity contribution in [3.8, 4) is 0 Å². The lowest BCUT2D eigenvalue weighted by atomic mass is 10.0. The molecule has 1 aromatic heterocycles. The quantitative estimate of drug-likeness (QED) is 0.796. The van der Waals surface area contributed by atoms with Gasteiger partial charge in [0.15, 0.2) is 5.82 Å². The molecule has 4 nitrogen and oxygen atoms in total. The van der Waals surface area contributed by atoms with Crippen LogP contribution in [0.4, 0.5) is 11.5 Å². The van der Waals surface area contributed by atoms with E-state index in [-0.39, 0.29) is 0 Å². The summed E-state index contributed by atoms with van der Waals surface area (Å²) in [6.07, 6.45) is 0. The molecular weight excluding hydrogens is 286 g/mol. The molecule has 0 unspecified atom stereocenters. The molecule has 0 aliphatic carbocycles. The summed E-state index contributed by atoms with van der Waals surface area (Å²) in [6.45, 7) is 7.23. The fourth-order valence-corrected chi connectivity index (χ4v) is 2.24. The first-order chi connectivity index (χ1) is 10.1. The molecule has 2 rings (SSSR count). The monoisotopic (exact) mass is 305 g/mol.